The normalized spacial score (nSPS) is 10.8. The van der Waals surface area contributed by atoms with Gasteiger partial charge in [0.1, 0.15) is 5.75 Å². The van der Waals surface area contributed by atoms with Crippen molar-refractivity contribution in [1.82, 2.24) is 14.8 Å². The van der Waals surface area contributed by atoms with Crippen LogP contribution in [0.2, 0.25) is 0 Å². The van der Waals surface area contributed by atoms with Crippen LogP contribution in [0.4, 0.5) is 0 Å². The van der Waals surface area contributed by atoms with Gasteiger partial charge in [-0.1, -0.05) is 17.8 Å². The van der Waals surface area contributed by atoms with E-state index in [0.717, 1.165) is 46.8 Å². The summed E-state index contributed by atoms with van der Waals surface area (Å²) in [5, 5.41) is 9.66. The maximum atomic E-state index is 5.75. The minimum atomic E-state index is 0.604. The Balaban J connectivity index is 1.83. The Labute approximate surface area is 176 Å². The highest BCUT2D eigenvalue weighted by atomic mass is 32.2. The van der Waals surface area contributed by atoms with E-state index < -0.39 is 0 Å². The van der Waals surface area contributed by atoms with Crippen LogP contribution in [-0.4, -0.2) is 41.3 Å². The van der Waals surface area contributed by atoms with Crippen molar-refractivity contribution in [3.05, 3.63) is 48.0 Å². The molecule has 0 unspecified atom stereocenters. The number of methoxy groups -OCH3 is 1. The lowest BCUT2D eigenvalue weighted by molar-refractivity contribution is 0.287. The highest BCUT2D eigenvalue weighted by Crippen LogP contribution is 2.30. The van der Waals surface area contributed by atoms with E-state index in [9.17, 15) is 0 Å². The molecular formula is C22H27N3O3S. The lowest BCUT2D eigenvalue weighted by atomic mass is 10.1. The van der Waals surface area contributed by atoms with Gasteiger partial charge in [-0.3, -0.25) is 0 Å². The molecule has 0 bridgehead atoms. The van der Waals surface area contributed by atoms with Gasteiger partial charge >= 0.3 is 0 Å². The molecule has 6 nitrogen and oxygen atoms in total. The van der Waals surface area contributed by atoms with Crippen LogP contribution >= 0.6 is 11.8 Å². The molecule has 0 aliphatic carbocycles. The molecule has 0 saturated carbocycles. The van der Waals surface area contributed by atoms with Crippen molar-refractivity contribution in [2.45, 2.75) is 32.0 Å². The van der Waals surface area contributed by atoms with Gasteiger partial charge in [0, 0.05) is 12.1 Å². The molecule has 154 valence electrons. The van der Waals surface area contributed by atoms with Crippen molar-refractivity contribution in [3.8, 4) is 28.6 Å². The zero-order chi connectivity index (χ0) is 20.6. The largest absolute Gasteiger partial charge is 0.497 e. The summed E-state index contributed by atoms with van der Waals surface area (Å²) in [4.78, 5) is 0. The molecule has 0 aliphatic rings. The quantitative estimate of drug-likeness (QED) is 0.449. The van der Waals surface area contributed by atoms with Gasteiger partial charge in [0.25, 0.3) is 0 Å². The smallest absolute Gasteiger partial charge is 0.191 e. The predicted molar refractivity (Wildman–Crippen MR) is 116 cm³/mol. The number of thioether (sulfide) groups is 1. The Morgan fingerprint density at radius 2 is 1.66 bits per heavy atom. The van der Waals surface area contributed by atoms with E-state index in [0.29, 0.717) is 13.2 Å². The van der Waals surface area contributed by atoms with Crippen LogP contribution in [0.3, 0.4) is 0 Å². The van der Waals surface area contributed by atoms with Crippen LogP contribution in [0.25, 0.3) is 11.4 Å². The fourth-order valence-corrected chi connectivity index (χ4v) is 3.61. The lowest BCUT2D eigenvalue weighted by Crippen LogP contribution is -2.06. The van der Waals surface area contributed by atoms with Gasteiger partial charge in [-0.05, 0) is 68.5 Å². The van der Waals surface area contributed by atoms with Crippen LogP contribution in [0.1, 0.15) is 19.4 Å². The van der Waals surface area contributed by atoms with Gasteiger partial charge in [-0.2, -0.15) is 0 Å². The Hall–Kier alpha value is -2.67. The zero-order valence-electron chi connectivity index (χ0n) is 17.3. The first-order chi connectivity index (χ1) is 14.2. The minimum Gasteiger partial charge on any atom is -0.497 e. The number of rotatable bonds is 10. The second kappa shape index (κ2) is 10.2. The Morgan fingerprint density at radius 1 is 0.931 bits per heavy atom. The van der Waals surface area contributed by atoms with Crippen molar-refractivity contribution in [2.24, 2.45) is 0 Å². The van der Waals surface area contributed by atoms with Gasteiger partial charge in [0.2, 0.25) is 0 Å². The summed E-state index contributed by atoms with van der Waals surface area (Å²) in [6.45, 7) is 5.94. The summed E-state index contributed by atoms with van der Waals surface area (Å²) in [6, 6.07) is 14.0. The first-order valence-corrected chi connectivity index (χ1v) is 10.9. The molecule has 1 heterocycles. The molecule has 2 aromatic carbocycles. The molecule has 0 amide bonds. The van der Waals surface area contributed by atoms with E-state index in [2.05, 4.69) is 26.9 Å². The molecule has 1 aromatic heterocycles. The minimum absolute atomic E-state index is 0.604. The van der Waals surface area contributed by atoms with E-state index in [1.807, 2.05) is 50.4 Å². The molecule has 0 spiro atoms. The second-order valence-corrected chi connectivity index (χ2v) is 7.06. The predicted octanol–water partition coefficient (Wildman–Crippen LogP) is 4.72. The van der Waals surface area contributed by atoms with Crippen LogP contribution in [0.5, 0.6) is 17.2 Å². The third-order valence-corrected chi connectivity index (χ3v) is 5.15. The van der Waals surface area contributed by atoms with E-state index in [1.165, 1.54) is 5.56 Å². The standard InChI is InChI=1S/C22H27N3O3S/c1-5-27-19-12-7-16(15-20(19)28-6-2)13-14-25-21(23-24-22(25)29-4)17-8-10-18(26-3)11-9-17/h7-12,15H,5-6,13-14H2,1-4H3. The van der Waals surface area contributed by atoms with Crippen LogP contribution < -0.4 is 14.2 Å². The van der Waals surface area contributed by atoms with Crippen molar-refractivity contribution in [2.75, 3.05) is 26.6 Å². The number of ether oxygens (including phenoxy) is 3. The van der Waals surface area contributed by atoms with Crippen molar-refractivity contribution >= 4 is 11.8 Å². The summed E-state index contributed by atoms with van der Waals surface area (Å²) < 4.78 is 18.8. The number of hydrogen-bond acceptors (Lipinski definition) is 6. The van der Waals surface area contributed by atoms with E-state index in [1.54, 1.807) is 18.9 Å². The second-order valence-electron chi connectivity index (χ2n) is 6.29. The number of aromatic nitrogens is 3. The summed E-state index contributed by atoms with van der Waals surface area (Å²) in [5.74, 6) is 3.25. The number of nitrogens with zero attached hydrogens (tertiary/aromatic N) is 3. The SMILES string of the molecule is CCOc1ccc(CCn2c(SC)nnc2-c2ccc(OC)cc2)cc1OCC. The molecule has 0 radical (unpaired) electrons. The molecular weight excluding hydrogens is 386 g/mol. The maximum absolute atomic E-state index is 5.75. The molecule has 0 aliphatic heterocycles. The Bertz CT molecular complexity index is 926. The highest BCUT2D eigenvalue weighted by Gasteiger charge is 2.14. The average Bonchev–Trinajstić information content (AvgIpc) is 3.17. The van der Waals surface area contributed by atoms with Gasteiger partial charge in [-0.25, -0.2) is 0 Å². The molecule has 0 saturated heterocycles. The van der Waals surface area contributed by atoms with Gasteiger partial charge in [0.15, 0.2) is 22.5 Å². The van der Waals surface area contributed by atoms with E-state index in [4.69, 9.17) is 14.2 Å². The number of benzene rings is 2. The topological polar surface area (TPSA) is 58.4 Å². The molecule has 3 aromatic rings. The van der Waals surface area contributed by atoms with Crippen LogP contribution in [-0.2, 0) is 13.0 Å². The average molecular weight is 414 g/mol. The lowest BCUT2D eigenvalue weighted by Gasteiger charge is -2.13. The monoisotopic (exact) mass is 413 g/mol. The molecule has 7 heteroatoms. The molecule has 0 fully saturated rings. The third kappa shape index (κ3) is 5.03. The highest BCUT2D eigenvalue weighted by molar-refractivity contribution is 7.98. The first-order valence-electron chi connectivity index (χ1n) is 9.70. The fourth-order valence-electron chi connectivity index (χ4n) is 3.09. The number of hydrogen-bond donors (Lipinski definition) is 0. The molecule has 3 rings (SSSR count). The maximum Gasteiger partial charge on any atom is 0.191 e. The van der Waals surface area contributed by atoms with Crippen LogP contribution in [0.15, 0.2) is 47.6 Å². The molecule has 29 heavy (non-hydrogen) atoms. The summed E-state index contributed by atoms with van der Waals surface area (Å²) in [6.07, 6.45) is 2.85. The summed E-state index contributed by atoms with van der Waals surface area (Å²) in [5.41, 5.74) is 2.19. The van der Waals surface area contributed by atoms with E-state index in [-0.39, 0.29) is 0 Å². The zero-order valence-corrected chi connectivity index (χ0v) is 18.2. The van der Waals surface area contributed by atoms with Crippen LogP contribution in [0, 0.1) is 0 Å². The van der Waals surface area contributed by atoms with Crippen molar-refractivity contribution < 1.29 is 14.2 Å². The van der Waals surface area contributed by atoms with E-state index >= 15 is 0 Å². The Morgan fingerprint density at radius 3 is 2.31 bits per heavy atom. The van der Waals surface area contributed by atoms with Crippen molar-refractivity contribution in [1.29, 1.82) is 0 Å². The Kier molecular flexibility index (Phi) is 7.41. The van der Waals surface area contributed by atoms with Crippen molar-refractivity contribution in [3.63, 3.8) is 0 Å². The molecule has 0 atom stereocenters. The summed E-state index contributed by atoms with van der Waals surface area (Å²) in [7, 11) is 1.66. The third-order valence-electron chi connectivity index (χ3n) is 4.48. The first kappa shape index (κ1) is 21.0. The molecule has 0 N–H and O–H groups in total. The summed E-state index contributed by atoms with van der Waals surface area (Å²) >= 11 is 1.59. The van der Waals surface area contributed by atoms with Gasteiger partial charge < -0.3 is 18.8 Å². The van der Waals surface area contributed by atoms with Gasteiger partial charge in [-0.15, -0.1) is 10.2 Å². The fraction of sp³-hybridized carbons (Fsp3) is 0.364. The number of aryl methyl sites for hydroxylation is 1. The van der Waals surface area contributed by atoms with Gasteiger partial charge in [0.05, 0.1) is 20.3 Å².